The summed E-state index contributed by atoms with van der Waals surface area (Å²) in [4.78, 5) is 8.64. The molecule has 7 heteroatoms. The van der Waals surface area contributed by atoms with Gasteiger partial charge in [0.2, 0.25) is 0 Å². The summed E-state index contributed by atoms with van der Waals surface area (Å²) in [6.45, 7) is 7.71. The number of nitrogens with zero attached hydrogens (tertiary/aromatic N) is 3. The van der Waals surface area contributed by atoms with E-state index in [0.717, 1.165) is 43.9 Å². The van der Waals surface area contributed by atoms with E-state index in [0.29, 0.717) is 24.7 Å². The number of anilines is 1. The molecule has 1 saturated heterocycles. The maximum atomic E-state index is 14.7. The fraction of sp³-hybridized carbons (Fsp3) is 0.409. The van der Waals surface area contributed by atoms with Gasteiger partial charge in [0, 0.05) is 46.3 Å². The molecule has 0 spiro atoms. The number of guanidine groups is 1. The molecule has 1 fully saturated rings. The fourth-order valence-corrected chi connectivity index (χ4v) is 3.46. The SMILES string of the molecule is CCN1CCN(c2ccc(CNC(=NC)NCc3cccc(F)c3)cc2F)CC1. The van der Waals surface area contributed by atoms with Crippen LogP contribution < -0.4 is 15.5 Å². The second-order valence-corrected chi connectivity index (χ2v) is 7.12. The molecule has 2 aromatic rings. The van der Waals surface area contributed by atoms with Crippen molar-refractivity contribution in [3.8, 4) is 0 Å². The van der Waals surface area contributed by atoms with E-state index in [1.165, 1.54) is 12.1 Å². The number of piperazine rings is 1. The Morgan fingerprint density at radius 3 is 2.24 bits per heavy atom. The van der Waals surface area contributed by atoms with Gasteiger partial charge in [0.25, 0.3) is 0 Å². The van der Waals surface area contributed by atoms with E-state index in [4.69, 9.17) is 0 Å². The molecule has 5 nitrogen and oxygen atoms in total. The number of rotatable bonds is 6. The van der Waals surface area contributed by atoms with Gasteiger partial charge < -0.3 is 20.4 Å². The third-order valence-corrected chi connectivity index (χ3v) is 5.20. The number of halogens is 2. The van der Waals surface area contributed by atoms with E-state index in [9.17, 15) is 8.78 Å². The normalized spacial score (nSPS) is 15.4. The van der Waals surface area contributed by atoms with Crippen molar-refractivity contribution in [1.29, 1.82) is 0 Å². The number of hydrogen-bond acceptors (Lipinski definition) is 3. The van der Waals surface area contributed by atoms with E-state index in [2.05, 4.69) is 32.3 Å². The first-order valence-electron chi connectivity index (χ1n) is 10.0. The molecule has 2 aromatic carbocycles. The van der Waals surface area contributed by atoms with Gasteiger partial charge in [-0.1, -0.05) is 25.1 Å². The van der Waals surface area contributed by atoms with Gasteiger partial charge in [0.15, 0.2) is 5.96 Å². The highest BCUT2D eigenvalue weighted by atomic mass is 19.1. The van der Waals surface area contributed by atoms with Crippen LogP contribution in [0.15, 0.2) is 47.5 Å². The lowest BCUT2D eigenvalue weighted by atomic mass is 10.1. The molecule has 1 aliphatic heterocycles. The van der Waals surface area contributed by atoms with Crippen LogP contribution in [0.5, 0.6) is 0 Å². The summed E-state index contributed by atoms with van der Waals surface area (Å²) in [7, 11) is 1.67. The van der Waals surface area contributed by atoms with Crippen molar-refractivity contribution in [2.75, 3.05) is 44.7 Å². The smallest absolute Gasteiger partial charge is 0.191 e. The Bertz CT molecular complexity index is 832. The van der Waals surface area contributed by atoms with Crippen LogP contribution in [0.3, 0.4) is 0 Å². The first-order valence-corrected chi connectivity index (χ1v) is 10.0. The monoisotopic (exact) mass is 401 g/mol. The fourth-order valence-electron chi connectivity index (χ4n) is 3.46. The van der Waals surface area contributed by atoms with Crippen molar-refractivity contribution in [2.45, 2.75) is 20.0 Å². The predicted molar refractivity (Wildman–Crippen MR) is 114 cm³/mol. The van der Waals surface area contributed by atoms with Crippen LogP contribution in [0.2, 0.25) is 0 Å². The second-order valence-electron chi connectivity index (χ2n) is 7.12. The summed E-state index contributed by atoms with van der Waals surface area (Å²) in [5.41, 5.74) is 2.33. The number of benzene rings is 2. The zero-order valence-corrected chi connectivity index (χ0v) is 17.1. The standard InChI is InChI=1S/C22H29F2N5/c1-3-28-9-11-29(12-10-28)21-8-7-18(14-20(21)24)16-27-22(25-2)26-15-17-5-4-6-19(23)13-17/h4-8,13-14H,3,9-12,15-16H2,1-2H3,(H2,25,26,27). The Morgan fingerprint density at radius 2 is 1.66 bits per heavy atom. The van der Waals surface area contributed by atoms with E-state index < -0.39 is 0 Å². The molecule has 0 radical (unpaired) electrons. The average Bonchev–Trinajstić information content (AvgIpc) is 2.74. The Kier molecular flexibility index (Phi) is 7.41. The first-order chi connectivity index (χ1) is 14.1. The Labute approximate surface area is 171 Å². The van der Waals surface area contributed by atoms with Gasteiger partial charge in [-0.25, -0.2) is 8.78 Å². The summed E-state index contributed by atoms with van der Waals surface area (Å²) >= 11 is 0. The second kappa shape index (κ2) is 10.2. The van der Waals surface area contributed by atoms with Crippen molar-refractivity contribution < 1.29 is 8.78 Å². The molecule has 0 aliphatic carbocycles. The van der Waals surface area contributed by atoms with Crippen LogP contribution in [0, 0.1) is 11.6 Å². The van der Waals surface area contributed by atoms with E-state index in [-0.39, 0.29) is 11.6 Å². The third-order valence-electron chi connectivity index (χ3n) is 5.20. The lowest BCUT2D eigenvalue weighted by molar-refractivity contribution is 0.270. The molecule has 2 N–H and O–H groups in total. The summed E-state index contributed by atoms with van der Waals surface area (Å²) in [5.74, 6) is 0.116. The lowest BCUT2D eigenvalue weighted by Crippen LogP contribution is -2.46. The van der Waals surface area contributed by atoms with Crippen LogP contribution in [0.25, 0.3) is 0 Å². The minimum absolute atomic E-state index is 0.197. The van der Waals surface area contributed by atoms with Crippen LogP contribution in [-0.2, 0) is 13.1 Å². The molecule has 0 bridgehead atoms. The topological polar surface area (TPSA) is 42.9 Å². The molecule has 3 rings (SSSR count). The summed E-state index contributed by atoms with van der Waals surface area (Å²) < 4.78 is 27.9. The number of aliphatic imine (C=N–C) groups is 1. The van der Waals surface area contributed by atoms with Crippen molar-refractivity contribution >= 4 is 11.6 Å². The van der Waals surface area contributed by atoms with E-state index >= 15 is 0 Å². The molecule has 1 aliphatic rings. The average molecular weight is 402 g/mol. The van der Waals surface area contributed by atoms with Gasteiger partial charge >= 0.3 is 0 Å². The lowest BCUT2D eigenvalue weighted by Gasteiger charge is -2.35. The Hall–Kier alpha value is -2.67. The van der Waals surface area contributed by atoms with E-state index in [1.54, 1.807) is 19.2 Å². The summed E-state index contributed by atoms with van der Waals surface area (Å²) in [6, 6.07) is 11.8. The highest BCUT2D eigenvalue weighted by molar-refractivity contribution is 5.79. The van der Waals surface area contributed by atoms with Crippen LogP contribution in [-0.4, -0.2) is 50.6 Å². The van der Waals surface area contributed by atoms with Crippen LogP contribution in [0.4, 0.5) is 14.5 Å². The molecular weight excluding hydrogens is 372 g/mol. The molecule has 29 heavy (non-hydrogen) atoms. The number of likely N-dealkylation sites (N-methyl/N-ethyl adjacent to an activating group) is 1. The maximum Gasteiger partial charge on any atom is 0.191 e. The van der Waals surface area contributed by atoms with Crippen molar-refractivity contribution in [1.82, 2.24) is 15.5 Å². The number of nitrogens with one attached hydrogen (secondary N) is 2. The van der Waals surface area contributed by atoms with Gasteiger partial charge in [-0.3, -0.25) is 4.99 Å². The van der Waals surface area contributed by atoms with Gasteiger partial charge in [0.1, 0.15) is 11.6 Å². The van der Waals surface area contributed by atoms with Crippen LogP contribution >= 0.6 is 0 Å². The molecule has 156 valence electrons. The summed E-state index contributed by atoms with van der Waals surface area (Å²) in [5, 5.41) is 6.30. The zero-order chi connectivity index (χ0) is 20.6. The quantitative estimate of drug-likeness (QED) is 0.577. The van der Waals surface area contributed by atoms with Crippen molar-refractivity contribution in [3.05, 3.63) is 65.2 Å². The molecule has 1 heterocycles. The minimum atomic E-state index is -0.265. The largest absolute Gasteiger partial charge is 0.367 e. The Morgan fingerprint density at radius 1 is 0.966 bits per heavy atom. The molecule has 0 atom stereocenters. The van der Waals surface area contributed by atoms with Crippen LogP contribution in [0.1, 0.15) is 18.1 Å². The molecular formula is C22H29F2N5. The highest BCUT2D eigenvalue weighted by Crippen LogP contribution is 2.22. The first kappa shape index (κ1) is 21.0. The number of hydrogen-bond donors (Lipinski definition) is 2. The molecule has 0 amide bonds. The molecule has 0 saturated carbocycles. The molecule has 0 unspecified atom stereocenters. The van der Waals surface area contributed by atoms with Crippen molar-refractivity contribution in [2.24, 2.45) is 4.99 Å². The predicted octanol–water partition coefficient (Wildman–Crippen LogP) is 2.97. The van der Waals surface area contributed by atoms with E-state index in [1.807, 2.05) is 18.2 Å². The summed E-state index contributed by atoms with van der Waals surface area (Å²) in [6.07, 6.45) is 0. The zero-order valence-electron chi connectivity index (χ0n) is 17.1. The van der Waals surface area contributed by atoms with Crippen molar-refractivity contribution in [3.63, 3.8) is 0 Å². The highest BCUT2D eigenvalue weighted by Gasteiger charge is 2.18. The van der Waals surface area contributed by atoms with Gasteiger partial charge in [-0.05, 0) is 41.9 Å². The minimum Gasteiger partial charge on any atom is -0.367 e. The van der Waals surface area contributed by atoms with Gasteiger partial charge in [0.05, 0.1) is 5.69 Å². The molecule has 0 aromatic heterocycles. The Balaban J connectivity index is 1.52. The maximum absolute atomic E-state index is 14.7. The van der Waals surface area contributed by atoms with Gasteiger partial charge in [-0.2, -0.15) is 0 Å². The third kappa shape index (κ3) is 5.90. The van der Waals surface area contributed by atoms with Gasteiger partial charge in [-0.15, -0.1) is 0 Å².